The summed E-state index contributed by atoms with van der Waals surface area (Å²) < 4.78 is 9.33. The van der Waals surface area contributed by atoms with Gasteiger partial charge in [0.15, 0.2) is 5.82 Å². The van der Waals surface area contributed by atoms with Gasteiger partial charge in [0.25, 0.3) is 0 Å². The molecule has 3 nitrogen and oxygen atoms in total. The summed E-state index contributed by atoms with van der Waals surface area (Å²) in [5.41, 5.74) is 10.9. The van der Waals surface area contributed by atoms with E-state index in [1.807, 2.05) is 41.7 Å². The Kier molecular flexibility index (Phi) is 6.68. The van der Waals surface area contributed by atoms with Gasteiger partial charge in [0.1, 0.15) is 11.2 Å². The molecule has 0 aliphatic rings. The van der Waals surface area contributed by atoms with Crippen molar-refractivity contribution in [1.82, 2.24) is 9.97 Å². The largest absolute Gasteiger partial charge is 0.455 e. The molecule has 0 radical (unpaired) electrons. The predicted octanol–water partition coefficient (Wildman–Crippen LogP) is 13.1. The van der Waals surface area contributed by atoms with Crippen LogP contribution in [0, 0.1) is 0 Å². The number of benzene rings is 7. The third-order valence-electron chi connectivity index (χ3n) is 9.54. The highest BCUT2D eigenvalue weighted by atomic mass is 32.1. The van der Waals surface area contributed by atoms with Crippen molar-refractivity contribution in [1.29, 1.82) is 0 Å². The quantitative estimate of drug-likeness (QED) is 0.185. The normalized spacial score (nSPS) is 11.6. The number of aromatic nitrogens is 2. The van der Waals surface area contributed by atoms with Crippen molar-refractivity contribution in [2.75, 3.05) is 0 Å². The second kappa shape index (κ2) is 11.7. The summed E-state index contributed by atoms with van der Waals surface area (Å²) in [5, 5.41) is 4.66. The van der Waals surface area contributed by atoms with E-state index in [9.17, 15) is 0 Å². The van der Waals surface area contributed by atoms with Gasteiger partial charge in [0, 0.05) is 53.2 Å². The van der Waals surface area contributed by atoms with Crippen molar-refractivity contribution >= 4 is 53.4 Å². The lowest BCUT2D eigenvalue weighted by Gasteiger charge is -2.14. The standard InChI is InChI=1S/C46H28N2OS/c1-3-13-29(14-4-1)32-17-7-8-18-34(32)39-28-40(48-46(47-39)30-15-5-2-6-16-30)36-25-24-33(45-44(36)37-20-9-11-21-41(37)49-45)31-23-26-43-38(27-31)35-19-10-12-22-42(35)50-43/h1-28H. The first-order valence-electron chi connectivity index (χ1n) is 16.7. The van der Waals surface area contributed by atoms with Crippen LogP contribution >= 0.6 is 11.3 Å². The Hall–Kier alpha value is -6.36. The maximum atomic E-state index is 6.75. The van der Waals surface area contributed by atoms with E-state index in [0.717, 1.165) is 72.3 Å². The van der Waals surface area contributed by atoms with Crippen LogP contribution in [0.15, 0.2) is 174 Å². The highest BCUT2D eigenvalue weighted by molar-refractivity contribution is 7.25. The third kappa shape index (κ3) is 4.73. The van der Waals surface area contributed by atoms with Crippen LogP contribution in [0.3, 0.4) is 0 Å². The number of nitrogens with zero attached hydrogens (tertiary/aromatic N) is 2. The second-order valence-electron chi connectivity index (χ2n) is 12.5. The average molecular weight is 657 g/mol. The fourth-order valence-corrected chi connectivity index (χ4v) is 8.26. The molecule has 0 amide bonds. The summed E-state index contributed by atoms with van der Waals surface area (Å²) in [6, 6.07) is 59.5. The van der Waals surface area contributed by atoms with E-state index in [2.05, 4.69) is 140 Å². The van der Waals surface area contributed by atoms with E-state index in [-0.39, 0.29) is 0 Å². The van der Waals surface area contributed by atoms with Gasteiger partial charge >= 0.3 is 0 Å². The molecule has 7 aromatic carbocycles. The zero-order valence-electron chi connectivity index (χ0n) is 26.9. The summed E-state index contributed by atoms with van der Waals surface area (Å²) in [6.45, 7) is 0. The molecule has 3 heterocycles. The topological polar surface area (TPSA) is 38.9 Å². The Balaban J connectivity index is 1.23. The molecule has 0 aliphatic carbocycles. The van der Waals surface area contributed by atoms with E-state index in [0.29, 0.717) is 5.82 Å². The van der Waals surface area contributed by atoms with E-state index >= 15 is 0 Å². The molecule has 0 aliphatic heterocycles. The molecule has 0 saturated carbocycles. The lowest BCUT2D eigenvalue weighted by Crippen LogP contribution is -1.97. The SMILES string of the molecule is c1ccc(-c2nc(-c3ccccc3-c3ccccc3)cc(-c3ccc(-c4ccc5sc6ccccc6c5c4)c4oc5ccccc5c34)n2)cc1. The Morgan fingerprint density at radius 1 is 0.400 bits per heavy atom. The molecule has 0 saturated heterocycles. The summed E-state index contributed by atoms with van der Waals surface area (Å²) in [4.78, 5) is 10.5. The maximum Gasteiger partial charge on any atom is 0.160 e. The molecule has 50 heavy (non-hydrogen) atoms. The van der Waals surface area contributed by atoms with Gasteiger partial charge in [0.2, 0.25) is 0 Å². The molecular formula is C46H28N2OS. The summed E-state index contributed by atoms with van der Waals surface area (Å²) >= 11 is 1.83. The molecule has 10 aromatic rings. The van der Waals surface area contributed by atoms with Crippen molar-refractivity contribution in [3.63, 3.8) is 0 Å². The summed E-state index contributed by atoms with van der Waals surface area (Å²) in [5.74, 6) is 0.681. The van der Waals surface area contributed by atoms with Crippen LogP contribution in [0.5, 0.6) is 0 Å². The van der Waals surface area contributed by atoms with Gasteiger partial charge in [-0.15, -0.1) is 11.3 Å². The number of para-hydroxylation sites is 1. The summed E-state index contributed by atoms with van der Waals surface area (Å²) in [7, 11) is 0. The van der Waals surface area contributed by atoms with Gasteiger partial charge in [-0.25, -0.2) is 9.97 Å². The van der Waals surface area contributed by atoms with Crippen LogP contribution < -0.4 is 0 Å². The number of furan rings is 1. The lowest BCUT2D eigenvalue weighted by molar-refractivity contribution is 0.670. The molecule has 0 N–H and O–H groups in total. The molecule has 10 rings (SSSR count). The molecule has 4 heteroatoms. The van der Waals surface area contributed by atoms with E-state index in [1.165, 1.54) is 20.2 Å². The highest BCUT2D eigenvalue weighted by Crippen LogP contribution is 2.44. The van der Waals surface area contributed by atoms with Crippen molar-refractivity contribution in [3.8, 4) is 56.2 Å². The van der Waals surface area contributed by atoms with Crippen LogP contribution in [0.1, 0.15) is 0 Å². The number of rotatable bonds is 5. The summed E-state index contributed by atoms with van der Waals surface area (Å²) in [6.07, 6.45) is 0. The van der Waals surface area contributed by atoms with E-state index in [1.54, 1.807) is 0 Å². The first-order valence-corrected chi connectivity index (χ1v) is 17.6. The molecule has 0 atom stereocenters. The Labute approximate surface area is 292 Å². The van der Waals surface area contributed by atoms with Crippen molar-refractivity contribution in [2.45, 2.75) is 0 Å². The molecule has 0 fully saturated rings. The fraction of sp³-hybridized carbons (Fsp3) is 0. The van der Waals surface area contributed by atoms with Crippen LogP contribution in [-0.2, 0) is 0 Å². The van der Waals surface area contributed by atoms with Crippen molar-refractivity contribution in [2.24, 2.45) is 0 Å². The number of thiophene rings is 1. The van der Waals surface area contributed by atoms with Crippen molar-refractivity contribution in [3.05, 3.63) is 170 Å². The molecule has 0 spiro atoms. The van der Waals surface area contributed by atoms with Gasteiger partial charge in [-0.1, -0.05) is 133 Å². The fourth-order valence-electron chi connectivity index (χ4n) is 7.18. The van der Waals surface area contributed by atoms with Crippen LogP contribution in [0.4, 0.5) is 0 Å². The van der Waals surface area contributed by atoms with Crippen LogP contribution in [-0.4, -0.2) is 9.97 Å². The van der Waals surface area contributed by atoms with Crippen LogP contribution in [0.2, 0.25) is 0 Å². The Morgan fingerprint density at radius 2 is 1.02 bits per heavy atom. The number of fused-ring (bicyclic) bond motifs is 6. The van der Waals surface area contributed by atoms with Gasteiger partial charge in [-0.3, -0.25) is 0 Å². The van der Waals surface area contributed by atoms with Gasteiger partial charge in [-0.05, 0) is 53.1 Å². The average Bonchev–Trinajstić information content (AvgIpc) is 3.77. The molecular weight excluding hydrogens is 629 g/mol. The maximum absolute atomic E-state index is 6.75. The van der Waals surface area contributed by atoms with E-state index in [4.69, 9.17) is 14.4 Å². The van der Waals surface area contributed by atoms with Crippen LogP contribution in [0.25, 0.3) is 98.3 Å². The first-order chi connectivity index (χ1) is 24.8. The minimum atomic E-state index is 0.681. The molecule has 0 bridgehead atoms. The number of hydrogen-bond donors (Lipinski definition) is 0. The minimum absolute atomic E-state index is 0.681. The zero-order valence-corrected chi connectivity index (χ0v) is 27.7. The van der Waals surface area contributed by atoms with E-state index < -0.39 is 0 Å². The molecule has 234 valence electrons. The zero-order chi connectivity index (χ0) is 33.0. The van der Waals surface area contributed by atoms with Crippen molar-refractivity contribution < 1.29 is 4.42 Å². The smallest absolute Gasteiger partial charge is 0.160 e. The third-order valence-corrected chi connectivity index (χ3v) is 10.7. The Morgan fingerprint density at radius 3 is 1.84 bits per heavy atom. The second-order valence-corrected chi connectivity index (χ2v) is 13.6. The minimum Gasteiger partial charge on any atom is -0.455 e. The number of hydrogen-bond acceptors (Lipinski definition) is 4. The predicted molar refractivity (Wildman–Crippen MR) is 209 cm³/mol. The Bertz CT molecular complexity index is 2870. The lowest BCUT2D eigenvalue weighted by atomic mass is 9.94. The van der Waals surface area contributed by atoms with Gasteiger partial charge in [0.05, 0.1) is 11.4 Å². The molecule has 0 unspecified atom stereocenters. The highest BCUT2D eigenvalue weighted by Gasteiger charge is 2.21. The van der Waals surface area contributed by atoms with Gasteiger partial charge < -0.3 is 4.42 Å². The van der Waals surface area contributed by atoms with Gasteiger partial charge in [-0.2, -0.15) is 0 Å². The molecule has 3 aromatic heterocycles. The first kappa shape index (κ1) is 28.6. The monoisotopic (exact) mass is 656 g/mol.